The number of hydrogen-bond acceptors (Lipinski definition) is 6. The van der Waals surface area contributed by atoms with Crippen molar-refractivity contribution in [2.45, 2.75) is 20.3 Å². The molecular formula is C17H18FN3O5. The van der Waals surface area contributed by atoms with Crippen LogP contribution in [-0.2, 0) is 14.3 Å². The van der Waals surface area contributed by atoms with Crippen molar-refractivity contribution in [1.29, 1.82) is 0 Å². The first-order valence-electron chi connectivity index (χ1n) is 7.74. The van der Waals surface area contributed by atoms with Crippen molar-refractivity contribution < 1.29 is 28.0 Å². The van der Waals surface area contributed by atoms with Crippen molar-refractivity contribution in [2.75, 3.05) is 18.1 Å². The standard InChI is InChI=1S/C17H18FN3O5/c1-10-16(11(2)26-20-10)17(24)25-9-15(23)21(8-7-14(19)22)13-5-3-12(18)4-6-13/h3-6H,7-9H2,1-2H3,(H2,19,22). The van der Waals surface area contributed by atoms with Crippen molar-refractivity contribution in [3.05, 3.63) is 47.1 Å². The number of primary amides is 1. The normalized spacial score (nSPS) is 10.4. The van der Waals surface area contributed by atoms with Crippen LogP contribution in [0.4, 0.5) is 10.1 Å². The molecule has 2 N–H and O–H groups in total. The summed E-state index contributed by atoms with van der Waals surface area (Å²) in [6, 6.07) is 5.11. The highest BCUT2D eigenvalue weighted by atomic mass is 19.1. The monoisotopic (exact) mass is 363 g/mol. The lowest BCUT2D eigenvalue weighted by molar-refractivity contribution is -0.121. The van der Waals surface area contributed by atoms with Crippen molar-refractivity contribution in [3.8, 4) is 0 Å². The van der Waals surface area contributed by atoms with Gasteiger partial charge < -0.3 is 19.9 Å². The van der Waals surface area contributed by atoms with Crippen LogP contribution in [0.15, 0.2) is 28.8 Å². The minimum Gasteiger partial charge on any atom is -0.452 e. The number of aryl methyl sites for hydroxylation is 2. The van der Waals surface area contributed by atoms with Gasteiger partial charge in [0.1, 0.15) is 17.1 Å². The second-order valence-electron chi connectivity index (χ2n) is 5.51. The number of hydrogen-bond donors (Lipinski definition) is 1. The van der Waals surface area contributed by atoms with Crippen LogP contribution in [0.5, 0.6) is 0 Å². The van der Waals surface area contributed by atoms with Crippen molar-refractivity contribution in [1.82, 2.24) is 5.16 Å². The number of carbonyl (C=O) groups is 3. The molecule has 0 aliphatic rings. The van der Waals surface area contributed by atoms with Gasteiger partial charge in [0.2, 0.25) is 5.91 Å². The number of nitrogens with two attached hydrogens (primary N) is 1. The molecule has 0 aliphatic heterocycles. The van der Waals surface area contributed by atoms with Crippen LogP contribution in [0, 0.1) is 19.7 Å². The summed E-state index contributed by atoms with van der Waals surface area (Å²) in [5.74, 6) is -2.12. The molecule has 26 heavy (non-hydrogen) atoms. The lowest BCUT2D eigenvalue weighted by Gasteiger charge is -2.22. The molecule has 0 bridgehead atoms. The first kappa shape index (κ1) is 19.1. The summed E-state index contributed by atoms with van der Waals surface area (Å²) in [6.45, 7) is 2.53. The lowest BCUT2D eigenvalue weighted by Crippen LogP contribution is -2.37. The van der Waals surface area contributed by atoms with E-state index in [-0.39, 0.29) is 24.3 Å². The van der Waals surface area contributed by atoms with Crippen LogP contribution < -0.4 is 10.6 Å². The predicted molar refractivity (Wildman–Crippen MR) is 88.8 cm³/mol. The third-order valence-corrected chi connectivity index (χ3v) is 3.59. The molecule has 0 unspecified atom stereocenters. The second-order valence-corrected chi connectivity index (χ2v) is 5.51. The molecule has 2 rings (SSSR count). The van der Waals surface area contributed by atoms with E-state index in [1.165, 1.54) is 29.2 Å². The largest absolute Gasteiger partial charge is 0.452 e. The molecule has 1 aromatic carbocycles. The topological polar surface area (TPSA) is 116 Å². The van der Waals surface area contributed by atoms with Crippen LogP contribution in [0.1, 0.15) is 28.2 Å². The quantitative estimate of drug-likeness (QED) is 0.745. The van der Waals surface area contributed by atoms with Gasteiger partial charge in [-0.3, -0.25) is 9.59 Å². The van der Waals surface area contributed by atoms with Gasteiger partial charge in [0.05, 0.1) is 5.69 Å². The molecule has 2 aromatic rings. The van der Waals surface area contributed by atoms with E-state index in [9.17, 15) is 18.8 Å². The average molecular weight is 363 g/mol. The number of rotatable bonds is 7. The Labute approximate surface area is 148 Å². The highest BCUT2D eigenvalue weighted by Gasteiger charge is 2.22. The van der Waals surface area contributed by atoms with E-state index in [0.29, 0.717) is 11.4 Å². The Morgan fingerprint density at radius 3 is 2.42 bits per heavy atom. The van der Waals surface area contributed by atoms with Gasteiger partial charge in [-0.2, -0.15) is 0 Å². The van der Waals surface area contributed by atoms with Crippen LogP contribution in [0.25, 0.3) is 0 Å². The summed E-state index contributed by atoms with van der Waals surface area (Å²) in [4.78, 5) is 36.8. The molecule has 8 nitrogen and oxygen atoms in total. The minimum absolute atomic E-state index is 0.0251. The zero-order valence-electron chi connectivity index (χ0n) is 14.3. The Morgan fingerprint density at radius 1 is 1.23 bits per heavy atom. The van der Waals surface area contributed by atoms with Gasteiger partial charge in [-0.1, -0.05) is 5.16 Å². The van der Waals surface area contributed by atoms with E-state index < -0.39 is 30.2 Å². The molecule has 1 heterocycles. The van der Waals surface area contributed by atoms with E-state index in [4.69, 9.17) is 15.0 Å². The maximum Gasteiger partial charge on any atom is 0.344 e. The molecule has 138 valence electrons. The molecule has 2 amide bonds. The van der Waals surface area contributed by atoms with Crippen molar-refractivity contribution in [2.24, 2.45) is 5.73 Å². The van der Waals surface area contributed by atoms with Crippen molar-refractivity contribution in [3.63, 3.8) is 0 Å². The average Bonchev–Trinajstić information content (AvgIpc) is 2.93. The van der Waals surface area contributed by atoms with Crippen LogP contribution in [0.2, 0.25) is 0 Å². The van der Waals surface area contributed by atoms with Gasteiger partial charge in [0.15, 0.2) is 6.61 Å². The highest BCUT2D eigenvalue weighted by Crippen LogP contribution is 2.17. The molecule has 0 aliphatic carbocycles. The SMILES string of the molecule is Cc1noc(C)c1C(=O)OCC(=O)N(CCC(N)=O)c1ccc(F)cc1. The Kier molecular flexibility index (Phi) is 6.05. The number of ether oxygens (including phenoxy) is 1. The Bertz CT molecular complexity index is 797. The van der Waals surface area contributed by atoms with Gasteiger partial charge >= 0.3 is 5.97 Å². The number of benzene rings is 1. The molecule has 0 atom stereocenters. The van der Waals surface area contributed by atoms with E-state index in [1.54, 1.807) is 13.8 Å². The summed E-state index contributed by atoms with van der Waals surface area (Å²) in [5.41, 5.74) is 5.98. The van der Waals surface area contributed by atoms with E-state index in [0.717, 1.165) is 0 Å². The van der Waals surface area contributed by atoms with Gasteiger partial charge in [0.25, 0.3) is 5.91 Å². The maximum absolute atomic E-state index is 13.1. The molecule has 0 saturated heterocycles. The number of carbonyl (C=O) groups excluding carboxylic acids is 3. The fourth-order valence-electron chi connectivity index (χ4n) is 2.29. The summed E-state index contributed by atoms with van der Waals surface area (Å²) in [7, 11) is 0. The maximum atomic E-state index is 13.1. The molecule has 0 spiro atoms. The smallest absolute Gasteiger partial charge is 0.344 e. The van der Waals surface area contributed by atoms with E-state index in [1.807, 2.05) is 0 Å². The lowest BCUT2D eigenvalue weighted by atomic mass is 10.2. The fraction of sp³-hybridized carbons (Fsp3) is 0.294. The van der Waals surface area contributed by atoms with Gasteiger partial charge in [0, 0.05) is 18.7 Å². The summed E-state index contributed by atoms with van der Waals surface area (Å²) in [6.07, 6.45) is -0.0963. The number of amides is 2. The molecule has 9 heteroatoms. The van der Waals surface area contributed by atoms with Crippen molar-refractivity contribution >= 4 is 23.5 Å². The molecular weight excluding hydrogens is 345 g/mol. The second kappa shape index (κ2) is 8.24. The highest BCUT2D eigenvalue weighted by molar-refractivity contribution is 5.98. The van der Waals surface area contributed by atoms with E-state index in [2.05, 4.69) is 5.16 Å². The van der Waals surface area contributed by atoms with Gasteiger partial charge in [-0.05, 0) is 38.1 Å². The van der Waals surface area contributed by atoms with Crippen LogP contribution in [0.3, 0.4) is 0 Å². The Balaban J connectivity index is 2.09. The number of esters is 1. The molecule has 1 aromatic heterocycles. The Morgan fingerprint density at radius 2 is 1.88 bits per heavy atom. The summed E-state index contributed by atoms with van der Waals surface area (Å²) >= 11 is 0. The fourth-order valence-corrected chi connectivity index (χ4v) is 2.29. The Hall–Kier alpha value is -3.23. The molecule has 0 fully saturated rings. The van der Waals surface area contributed by atoms with Gasteiger partial charge in [-0.25, -0.2) is 9.18 Å². The third kappa shape index (κ3) is 4.65. The zero-order valence-corrected chi connectivity index (χ0v) is 14.3. The first-order valence-corrected chi connectivity index (χ1v) is 7.74. The minimum atomic E-state index is -0.747. The number of aromatic nitrogens is 1. The number of anilines is 1. The molecule has 0 radical (unpaired) electrons. The summed E-state index contributed by atoms with van der Waals surface area (Å²) in [5, 5.41) is 3.65. The molecule has 0 saturated carbocycles. The third-order valence-electron chi connectivity index (χ3n) is 3.59. The predicted octanol–water partition coefficient (Wildman–Crippen LogP) is 1.50. The first-order chi connectivity index (χ1) is 12.3. The van der Waals surface area contributed by atoms with Crippen LogP contribution >= 0.6 is 0 Å². The van der Waals surface area contributed by atoms with Crippen LogP contribution in [-0.4, -0.2) is 36.1 Å². The zero-order chi connectivity index (χ0) is 19.3. The van der Waals surface area contributed by atoms with E-state index >= 15 is 0 Å². The van der Waals surface area contributed by atoms with Gasteiger partial charge in [-0.15, -0.1) is 0 Å². The summed E-state index contributed by atoms with van der Waals surface area (Å²) < 4.78 is 23.0. The number of halogens is 1. The number of nitrogens with zero attached hydrogens (tertiary/aromatic N) is 2.